The Balaban J connectivity index is 1.03. The molecule has 11 heteroatoms. The topological polar surface area (TPSA) is 108 Å². The van der Waals surface area contributed by atoms with Gasteiger partial charge in [-0.3, -0.25) is 4.90 Å². The lowest BCUT2D eigenvalue weighted by molar-refractivity contribution is -0.155. The predicted octanol–water partition coefficient (Wildman–Crippen LogP) is 1.61. The van der Waals surface area contributed by atoms with Gasteiger partial charge >= 0.3 is 0 Å². The van der Waals surface area contributed by atoms with E-state index in [1.807, 2.05) is 19.2 Å². The van der Waals surface area contributed by atoms with E-state index in [9.17, 15) is 9.65 Å². The van der Waals surface area contributed by atoms with Crippen molar-refractivity contribution < 1.29 is 13.9 Å². The van der Waals surface area contributed by atoms with Gasteiger partial charge in [-0.25, -0.2) is 13.9 Å². The maximum atomic E-state index is 14.7. The first-order valence-electron chi connectivity index (χ1n) is 13.1. The zero-order valence-electron chi connectivity index (χ0n) is 21.6. The number of nitrogens with zero attached hydrogens (tertiary/aromatic N) is 7. The molecular formula is C27H31FN8O2. The van der Waals surface area contributed by atoms with Crippen molar-refractivity contribution >= 4 is 17.0 Å². The summed E-state index contributed by atoms with van der Waals surface area (Å²) in [6, 6.07) is 7.73. The number of halogens is 1. The van der Waals surface area contributed by atoms with E-state index >= 15 is 0 Å². The molecule has 0 radical (unpaired) electrons. The Morgan fingerprint density at radius 1 is 1.18 bits per heavy atom. The molecule has 4 aliphatic rings. The molecule has 0 saturated carbocycles. The first kappa shape index (κ1) is 23.8. The van der Waals surface area contributed by atoms with Crippen LogP contribution in [-0.2, 0) is 21.7 Å². The number of pyridine rings is 2. The number of anilines is 2. The molecule has 3 fully saturated rings. The second-order valence-electron chi connectivity index (χ2n) is 11.6. The van der Waals surface area contributed by atoms with E-state index in [0.717, 1.165) is 50.4 Å². The fourth-order valence-electron chi connectivity index (χ4n) is 6.56. The highest BCUT2D eigenvalue weighted by atomic mass is 19.1. The molecule has 2 atom stereocenters. The highest BCUT2D eigenvalue weighted by Gasteiger charge is 2.51. The van der Waals surface area contributed by atoms with E-state index in [2.05, 4.69) is 38.9 Å². The SMILES string of the molecule is CC1CN(c2ccc(C#N)n3ncc(F)c23)CC(CN2CC3(C2)OCc2cc(N4CC(C)(N)C4)ncc23)O1. The van der Waals surface area contributed by atoms with Crippen molar-refractivity contribution in [3.63, 3.8) is 0 Å². The molecule has 198 valence electrons. The van der Waals surface area contributed by atoms with E-state index in [-0.39, 0.29) is 23.3 Å². The predicted molar refractivity (Wildman–Crippen MR) is 138 cm³/mol. The van der Waals surface area contributed by atoms with Gasteiger partial charge in [-0.15, -0.1) is 0 Å². The first-order chi connectivity index (χ1) is 18.2. The molecule has 38 heavy (non-hydrogen) atoms. The fraction of sp³-hybridized carbons (Fsp3) is 0.519. The van der Waals surface area contributed by atoms with Gasteiger partial charge in [0.25, 0.3) is 0 Å². The number of fused-ring (bicyclic) bond motifs is 3. The lowest BCUT2D eigenvalue weighted by atomic mass is 9.86. The van der Waals surface area contributed by atoms with Crippen LogP contribution in [0.2, 0.25) is 0 Å². The molecule has 7 heterocycles. The summed E-state index contributed by atoms with van der Waals surface area (Å²) in [5, 5.41) is 13.5. The van der Waals surface area contributed by atoms with E-state index in [1.54, 1.807) is 6.07 Å². The van der Waals surface area contributed by atoms with Crippen LogP contribution in [0.4, 0.5) is 15.9 Å². The number of ether oxygens (including phenoxy) is 2. The molecule has 0 aliphatic carbocycles. The number of hydrogen-bond donors (Lipinski definition) is 1. The normalized spacial score (nSPS) is 25.8. The molecule has 3 aromatic rings. The highest BCUT2D eigenvalue weighted by Crippen LogP contribution is 2.44. The molecule has 2 N–H and O–H groups in total. The van der Waals surface area contributed by atoms with E-state index in [0.29, 0.717) is 30.9 Å². The fourth-order valence-corrected chi connectivity index (χ4v) is 6.56. The largest absolute Gasteiger partial charge is 0.370 e. The van der Waals surface area contributed by atoms with Crippen molar-refractivity contribution in [3.05, 3.63) is 53.2 Å². The van der Waals surface area contributed by atoms with Gasteiger partial charge in [0, 0.05) is 63.1 Å². The summed E-state index contributed by atoms with van der Waals surface area (Å²) >= 11 is 0. The van der Waals surface area contributed by atoms with Crippen LogP contribution < -0.4 is 15.5 Å². The van der Waals surface area contributed by atoms with Crippen molar-refractivity contribution in [2.75, 3.05) is 55.6 Å². The van der Waals surface area contributed by atoms with Crippen molar-refractivity contribution in [1.82, 2.24) is 19.5 Å². The quantitative estimate of drug-likeness (QED) is 0.551. The molecule has 3 aromatic heterocycles. The molecule has 0 bridgehead atoms. The van der Waals surface area contributed by atoms with Gasteiger partial charge in [0.15, 0.2) is 5.82 Å². The third kappa shape index (κ3) is 3.74. The van der Waals surface area contributed by atoms with Crippen LogP contribution in [0, 0.1) is 17.1 Å². The van der Waals surface area contributed by atoms with Crippen LogP contribution in [0.3, 0.4) is 0 Å². The minimum absolute atomic E-state index is 0.0198. The molecule has 0 amide bonds. The average Bonchev–Trinajstić information content (AvgIpc) is 3.42. The highest BCUT2D eigenvalue weighted by molar-refractivity contribution is 5.74. The molecule has 10 nitrogen and oxygen atoms in total. The van der Waals surface area contributed by atoms with Crippen LogP contribution in [0.1, 0.15) is 30.7 Å². The smallest absolute Gasteiger partial charge is 0.171 e. The minimum Gasteiger partial charge on any atom is -0.370 e. The molecule has 7 rings (SSSR count). The Morgan fingerprint density at radius 3 is 2.76 bits per heavy atom. The van der Waals surface area contributed by atoms with Crippen LogP contribution in [0.25, 0.3) is 5.52 Å². The maximum absolute atomic E-state index is 14.7. The number of nitriles is 1. The molecule has 0 aromatic carbocycles. The maximum Gasteiger partial charge on any atom is 0.171 e. The van der Waals surface area contributed by atoms with Gasteiger partial charge in [-0.1, -0.05) is 0 Å². The third-order valence-electron chi connectivity index (χ3n) is 8.19. The minimum atomic E-state index is -0.433. The van der Waals surface area contributed by atoms with Gasteiger partial charge in [0.1, 0.15) is 28.7 Å². The standard InChI is InChI=1S/C27H31FN8O2/c1-17-9-34(23-4-3-19(6-29)36-25(23)22(28)8-32-36)11-20(38-17)10-33-15-27(16-33)21-7-31-24(5-18(21)12-37-27)35-13-26(2,30)14-35/h3-5,7-8,17,20H,9-16,30H2,1-2H3. The van der Waals surface area contributed by atoms with Gasteiger partial charge in [-0.05, 0) is 37.6 Å². The van der Waals surface area contributed by atoms with Crippen LogP contribution in [0.15, 0.2) is 30.6 Å². The van der Waals surface area contributed by atoms with E-state index in [1.165, 1.54) is 15.6 Å². The zero-order valence-corrected chi connectivity index (χ0v) is 21.6. The summed E-state index contributed by atoms with van der Waals surface area (Å²) in [6.07, 6.45) is 3.08. The Labute approximate surface area is 220 Å². The molecule has 1 spiro atoms. The first-order valence-corrected chi connectivity index (χ1v) is 13.1. The number of rotatable bonds is 4. The second-order valence-corrected chi connectivity index (χ2v) is 11.6. The summed E-state index contributed by atoms with van der Waals surface area (Å²) in [5.74, 6) is 0.539. The third-order valence-corrected chi connectivity index (χ3v) is 8.19. The molecular weight excluding hydrogens is 487 g/mol. The van der Waals surface area contributed by atoms with Crippen molar-refractivity contribution in [1.29, 1.82) is 5.26 Å². The second kappa shape index (κ2) is 8.35. The monoisotopic (exact) mass is 518 g/mol. The summed E-state index contributed by atoms with van der Waals surface area (Å²) in [6.45, 7) is 9.93. The summed E-state index contributed by atoms with van der Waals surface area (Å²) < 4.78 is 28.7. The van der Waals surface area contributed by atoms with E-state index < -0.39 is 5.82 Å². The van der Waals surface area contributed by atoms with Crippen molar-refractivity contribution in [2.24, 2.45) is 5.73 Å². The van der Waals surface area contributed by atoms with Crippen LogP contribution in [-0.4, -0.2) is 83.1 Å². The zero-order chi connectivity index (χ0) is 26.2. The number of nitrogens with two attached hydrogens (primary N) is 1. The van der Waals surface area contributed by atoms with Crippen molar-refractivity contribution in [2.45, 2.75) is 43.8 Å². The summed E-state index contributed by atoms with van der Waals surface area (Å²) in [4.78, 5) is 11.4. The van der Waals surface area contributed by atoms with E-state index in [4.69, 9.17) is 20.2 Å². The van der Waals surface area contributed by atoms with Gasteiger partial charge in [-0.2, -0.15) is 10.4 Å². The lowest BCUT2D eigenvalue weighted by Crippen LogP contribution is -2.65. The average molecular weight is 519 g/mol. The number of likely N-dealkylation sites (tertiary alicyclic amines) is 1. The van der Waals surface area contributed by atoms with Crippen LogP contribution >= 0.6 is 0 Å². The number of morpholine rings is 1. The van der Waals surface area contributed by atoms with Gasteiger partial charge in [0.2, 0.25) is 0 Å². The Morgan fingerprint density at radius 2 is 2.00 bits per heavy atom. The Hall–Kier alpha value is -3.30. The van der Waals surface area contributed by atoms with Crippen LogP contribution in [0.5, 0.6) is 0 Å². The summed E-state index contributed by atoms with van der Waals surface area (Å²) in [7, 11) is 0. The molecule has 2 unspecified atom stereocenters. The van der Waals surface area contributed by atoms with Gasteiger partial charge in [0.05, 0.1) is 30.7 Å². The summed E-state index contributed by atoms with van der Waals surface area (Å²) in [5.41, 5.74) is 9.48. The Kier molecular flexibility index (Phi) is 5.23. The van der Waals surface area contributed by atoms with Gasteiger partial charge < -0.3 is 25.0 Å². The number of aromatic nitrogens is 3. The molecule has 4 aliphatic heterocycles. The molecule has 3 saturated heterocycles. The number of hydrogen-bond acceptors (Lipinski definition) is 9. The van der Waals surface area contributed by atoms with Crippen molar-refractivity contribution in [3.8, 4) is 6.07 Å². The Bertz CT molecular complexity index is 1450. The lowest BCUT2D eigenvalue weighted by Gasteiger charge is -2.50.